The number of carboxylic acids is 2. The van der Waals surface area contributed by atoms with Gasteiger partial charge in [0.25, 0.3) is 5.76 Å². The molecule has 0 aliphatic carbocycles. The van der Waals surface area contributed by atoms with Crippen LogP contribution in [0.25, 0.3) is 0 Å². The first-order valence-electron chi connectivity index (χ1n) is 1.89. The zero-order valence-electron chi connectivity index (χ0n) is 4.20. The Morgan fingerprint density at radius 3 is 1.78 bits per heavy atom. The number of aliphatic carboxylic acids is 2. The second kappa shape index (κ2) is 2.71. The van der Waals surface area contributed by atoms with Crippen LogP contribution in [0.2, 0.25) is 0 Å². The first kappa shape index (κ1) is 7.48. The second-order valence-corrected chi connectivity index (χ2v) is 1.15. The van der Waals surface area contributed by atoms with Gasteiger partial charge in [-0.1, -0.05) is 0 Å². The molecular formula is C4H3O5. The van der Waals surface area contributed by atoms with Gasteiger partial charge in [0.15, 0.2) is 0 Å². The van der Waals surface area contributed by atoms with Crippen molar-refractivity contribution in [2.45, 2.75) is 0 Å². The quantitative estimate of drug-likeness (QED) is 0.389. The molecule has 0 aromatic carbocycles. The molecule has 49 valence electrons. The number of carbonyl (C=O) groups is 2. The summed E-state index contributed by atoms with van der Waals surface area (Å²) >= 11 is 0. The van der Waals surface area contributed by atoms with Crippen molar-refractivity contribution < 1.29 is 24.9 Å². The van der Waals surface area contributed by atoms with Crippen molar-refractivity contribution in [2.75, 3.05) is 0 Å². The lowest BCUT2D eigenvalue weighted by atomic mass is 10.4. The van der Waals surface area contributed by atoms with E-state index >= 15 is 0 Å². The highest BCUT2D eigenvalue weighted by molar-refractivity contribution is 5.92. The van der Waals surface area contributed by atoms with E-state index in [1.165, 1.54) is 0 Å². The summed E-state index contributed by atoms with van der Waals surface area (Å²) in [6.07, 6.45) is 0.0856. The zero-order valence-corrected chi connectivity index (χ0v) is 4.20. The third-order valence-corrected chi connectivity index (χ3v) is 0.465. The monoisotopic (exact) mass is 131 g/mol. The third-order valence-electron chi connectivity index (χ3n) is 0.465. The summed E-state index contributed by atoms with van der Waals surface area (Å²) < 4.78 is 0. The van der Waals surface area contributed by atoms with Crippen LogP contribution in [0.3, 0.4) is 0 Å². The van der Waals surface area contributed by atoms with E-state index in [1.807, 2.05) is 0 Å². The molecule has 0 saturated heterocycles. The van der Waals surface area contributed by atoms with Crippen molar-refractivity contribution in [1.29, 1.82) is 0 Å². The average Bonchev–Trinajstić information content (AvgIpc) is 1.63. The second-order valence-electron chi connectivity index (χ2n) is 1.15. The minimum Gasteiger partial charge on any atom is -0.478 e. The van der Waals surface area contributed by atoms with Gasteiger partial charge in [0.2, 0.25) is 0 Å². The van der Waals surface area contributed by atoms with Crippen LogP contribution < -0.4 is 0 Å². The molecule has 9 heavy (non-hydrogen) atoms. The van der Waals surface area contributed by atoms with E-state index in [-0.39, 0.29) is 6.08 Å². The van der Waals surface area contributed by atoms with Crippen molar-refractivity contribution in [1.82, 2.24) is 0 Å². The third kappa shape index (κ3) is 3.10. The van der Waals surface area contributed by atoms with Gasteiger partial charge in [-0.3, -0.25) is 5.11 Å². The summed E-state index contributed by atoms with van der Waals surface area (Å²) in [5.41, 5.74) is 0. The topological polar surface area (TPSA) is 94.5 Å². The lowest BCUT2D eigenvalue weighted by Crippen LogP contribution is -2.01. The lowest BCUT2D eigenvalue weighted by molar-refractivity contribution is -0.138. The molecule has 5 nitrogen and oxygen atoms in total. The van der Waals surface area contributed by atoms with Gasteiger partial charge in [0.1, 0.15) is 0 Å². The fourth-order valence-electron chi connectivity index (χ4n) is 0.174. The number of carboxylic acid groups (broad SMARTS) is 2. The maximum atomic E-state index is 9.92. The molecule has 0 saturated carbocycles. The summed E-state index contributed by atoms with van der Waals surface area (Å²) in [6.45, 7) is 0. The predicted molar refractivity (Wildman–Crippen MR) is 24.0 cm³/mol. The largest absolute Gasteiger partial charge is 0.478 e. The van der Waals surface area contributed by atoms with Crippen LogP contribution in [-0.2, 0) is 14.7 Å². The standard InChI is InChI=1S/C4H3O5/c5-2(4(8)9)1-3(6)7/h1H,(H,6,7)(H,8,9). The van der Waals surface area contributed by atoms with E-state index in [0.29, 0.717) is 0 Å². The van der Waals surface area contributed by atoms with Crippen LogP contribution in [0.15, 0.2) is 11.8 Å². The Bertz CT molecular complexity index is 168. The molecule has 0 spiro atoms. The molecule has 0 unspecified atom stereocenters. The predicted octanol–water partition coefficient (Wildman–Crippen LogP) is -0.530. The highest BCUT2D eigenvalue weighted by Gasteiger charge is 2.07. The Kier molecular flexibility index (Phi) is 2.25. The molecule has 0 bridgehead atoms. The number of rotatable bonds is 2. The van der Waals surface area contributed by atoms with Crippen molar-refractivity contribution in [2.24, 2.45) is 0 Å². The Hall–Kier alpha value is -1.52. The summed E-state index contributed by atoms with van der Waals surface area (Å²) in [6, 6.07) is 0. The molecule has 0 fully saturated rings. The van der Waals surface area contributed by atoms with Crippen molar-refractivity contribution in [3.63, 3.8) is 0 Å². The highest BCUT2D eigenvalue weighted by atomic mass is 16.4. The maximum Gasteiger partial charge on any atom is 0.376 e. The average molecular weight is 131 g/mol. The van der Waals surface area contributed by atoms with E-state index < -0.39 is 17.7 Å². The molecule has 0 heterocycles. The van der Waals surface area contributed by atoms with Crippen LogP contribution in [0.1, 0.15) is 0 Å². The summed E-state index contributed by atoms with van der Waals surface area (Å²) in [7, 11) is 0. The lowest BCUT2D eigenvalue weighted by Gasteiger charge is -1.81. The Morgan fingerprint density at radius 1 is 1.22 bits per heavy atom. The van der Waals surface area contributed by atoms with Gasteiger partial charge in [-0.15, -0.1) is 0 Å². The smallest absolute Gasteiger partial charge is 0.376 e. The fourth-order valence-corrected chi connectivity index (χ4v) is 0.174. The first-order chi connectivity index (χ1) is 4.04. The summed E-state index contributed by atoms with van der Waals surface area (Å²) in [5.74, 6) is -4.75. The van der Waals surface area contributed by atoms with Crippen molar-refractivity contribution in [3.8, 4) is 0 Å². The number of hydrogen-bond acceptors (Lipinski definition) is 2. The van der Waals surface area contributed by atoms with Gasteiger partial charge < -0.3 is 10.2 Å². The molecule has 0 aliphatic rings. The van der Waals surface area contributed by atoms with Crippen LogP contribution in [0, 0.1) is 0 Å². The van der Waals surface area contributed by atoms with E-state index in [4.69, 9.17) is 10.2 Å². The molecule has 5 heteroatoms. The normalized spacial score (nSPS) is 10.9. The molecule has 0 atom stereocenters. The minimum absolute atomic E-state index is 0.0856. The van der Waals surface area contributed by atoms with Gasteiger partial charge in [-0.05, 0) is 0 Å². The number of hydrogen-bond donors (Lipinski definition) is 2. The van der Waals surface area contributed by atoms with Crippen LogP contribution in [0.5, 0.6) is 0 Å². The van der Waals surface area contributed by atoms with Crippen molar-refractivity contribution in [3.05, 3.63) is 11.8 Å². The Labute approximate surface area is 49.9 Å². The highest BCUT2D eigenvalue weighted by Crippen LogP contribution is 1.86. The summed E-state index contributed by atoms with van der Waals surface area (Å²) in [5, 5.41) is 25.5. The van der Waals surface area contributed by atoms with E-state index in [1.54, 1.807) is 0 Å². The van der Waals surface area contributed by atoms with Crippen molar-refractivity contribution >= 4 is 11.9 Å². The summed E-state index contributed by atoms with van der Waals surface area (Å²) in [4.78, 5) is 19.2. The van der Waals surface area contributed by atoms with Gasteiger partial charge in [-0.2, -0.15) is 0 Å². The minimum atomic E-state index is -1.77. The molecule has 0 amide bonds. The van der Waals surface area contributed by atoms with Gasteiger partial charge in [0, 0.05) is 0 Å². The fraction of sp³-hybridized carbons (Fsp3) is 0. The molecule has 0 aromatic heterocycles. The maximum absolute atomic E-state index is 9.92. The van der Waals surface area contributed by atoms with Gasteiger partial charge >= 0.3 is 11.9 Å². The van der Waals surface area contributed by atoms with E-state index in [2.05, 4.69) is 0 Å². The Morgan fingerprint density at radius 2 is 1.67 bits per heavy atom. The van der Waals surface area contributed by atoms with Crippen LogP contribution >= 0.6 is 0 Å². The molecule has 1 radical (unpaired) electrons. The van der Waals surface area contributed by atoms with Gasteiger partial charge in [0.05, 0.1) is 6.08 Å². The van der Waals surface area contributed by atoms with E-state index in [0.717, 1.165) is 0 Å². The molecular weight excluding hydrogens is 128 g/mol. The first-order valence-corrected chi connectivity index (χ1v) is 1.89. The van der Waals surface area contributed by atoms with Gasteiger partial charge in [-0.25, -0.2) is 9.59 Å². The SMILES string of the molecule is [O]C(=CC(=O)O)C(=O)O. The van der Waals surface area contributed by atoms with E-state index in [9.17, 15) is 14.7 Å². The molecule has 0 aromatic rings. The molecule has 0 aliphatic heterocycles. The molecule has 2 N–H and O–H groups in total. The van der Waals surface area contributed by atoms with Crippen LogP contribution in [0.4, 0.5) is 0 Å². The Balaban J connectivity index is 4.17. The molecule has 0 rings (SSSR count). The van der Waals surface area contributed by atoms with Crippen LogP contribution in [-0.4, -0.2) is 22.2 Å². The zero-order chi connectivity index (χ0) is 7.44.